The number of nitrogens with zero attached hydrogens (tertiary/aromatic N) is 2. The van der Waals surface area contributed by atoms with Gasteiger partial charge < -0.3 is 19.2 Å². The van der Waals surface area contributed by atoms with Crippen molar-refractivity contribution in [3.8, 4) is 11.3 Å². The van der Waals surface area contributed by atoms with Crippen LogP contribution >= 0.6 is 0 Å². The normalized spacial score (nSPS) is 23.0. The Labute approximate surface area is 246 Å². The average molecular weight is 561 g/mol. The second kappa shape index (κ2) is 14.2. The standard InChI is InChI=1S/C35H48N2O4/c1-23(2)33(40-6)19-10-25(5)27-13-11-26(12-14-27)21-37(35(39)28-15-17-31(38)18-16-28)30-9-7-8-29(20-30)32-22-41-34(36-32)24(3)4/h7-10,19-20,22,24,26-28,31,38H,5,11-18,21H2,1-4,6H3/b19-10-. The molecule has 1 heterocycles. The van der Waals surface area contributed by atoms with Crippen molar-refractivity contribution in [2.45, 2.75) is 91.1 Å². The SMILES string of the molecule is C=C(/C=C\C(OC)=C(C)C)C1CCC(CN(C(=O)C2CCC(O)CC2)c2cccc(-c3coc(C(C)C)n3)c2)CC1. The molecule has 1 aromatic heterocycles. The van der Waals surface area contributed by atoms with E-state index in [0.29, 0.717) is 37.1 Å². The van der Waals surface area contributed by atoms with Crippen LogP contribution < -0.4 is 4.90 Å². The van der Waals surface area contributed by atoms with E-state index in [1.54, 1.807) is 13.4 Å². The second-order valence-electron chi connectivity index (χ2n) is 12.4. The Bertz CT molecular complexity index is 1240. The highest BCUT2D eigenvalue weighted by molar-refractivity contribution is 5.95. The first-order valence-electron chi connectivity index (χ1n) is 15.3. The highest BCUT2D eigenvalue weighted by Gasteiger charge is 2.32. The number of anilines is 1. The molecule has 6 nitrogen and oxygen atoms in total. The van der Waals surface area contributed by atoms with E-state index in [-0.39, 0.29) is 23.8 Å². The Balaban J connectivity index is 1.49. The van der Waals surface area contributed by atoms with Crippen molar-refractivity contribution in [1.29, 1.82) is 0 Å². The molecule has 2 aromatic rings. The summed E-state index contributed by atoms with van der Waals surface area (Å²) in [7, 11) is 1.70. The summed E-state index contributed by atoms with van der Waals surface area (Å²) in [5.74, 6) is 2.82. The molecule has 41 heavy (non-hydrogen) atoms. The lowest BCUT2D eigenvalue weighted by Gasteiger charge is -2.36. The van der Waals surface area contributed by atoms with Gasteiger partial charge in [0, 0.05) is 29.6 Å². The number of allylic oxidation sites excluding steroid dienone is 4. The van der Waals surface area contributed by atoms with Crippen molar-refractivity contribution in [2.75, 3.05) is 18.6 Å². The zero-order valence-corrected chi connectivity index (χ0v) is 25.6. The summed E-state index contributed by atoms with van der Waals surface area (Å²) in [5, 5.41) is 10.0. The molecule has 0 radical (unpaired) electrons. The smallest absolute Gasteiger partial charge is 0.230 e. The Morgan fingerprint density at radius 2 is 1.78 bits per heavy atom. The fraction of sp³-hybridized carbons (Fsp3) is 0.543. The summed E-state index contributed by atoms with van der Waals surface area (Å²) in [6, 6.07) is 8.15. The van der Waals surface area contributed by atoms with Crippen LogP contribution in [0.15, 0.2) is 70.6 Å². The van der Waals surface area contributed by atoms with Crippen LogP contribution in [-0.4, -0.2) is 35.8 Å². The first-order valence-corrected chi connectivity index (χ1v) is 15.3. The minimum atomic E-state index is -0.285. The summed E-state index contributed by atoms with van der Waals surface area (Å²) in [6.45, 7) is 13.3. The number of carbonyl (C=O) groups excluding carboxylic acids is 1. The van der Waals surface area contributed by atoms with Gasteiger partial charge in [0.15, 0.2) is 5.89 Å². The van der Waals surface area contributed by atoms with Crippen molar-refractivity contribution in [2.24, 2.45) is 17.8 Å². The average Bonchev–Trinajstić information content (AvgIpc) is 3.47. The molecule has 0 unspecified atom stereocenters. The van der Waals surface area contributed by atoms with Gasteiger partial charge in [0.1, 0.15) is 17.7 Å². The van der Waals surface area contributed by atoms with Crippen LogP contribution in [0.2, 0.25) is 0 Å². The van der Waals surface area contributed by atoms with Crippen molar-refractivity contribution >= 4 is 11.6 Å². The van der Waals surface area contributed by atoms with E-state index in [2.05, 4.69) is 37.6 Å². The summed E-state index contributed by atoms with van der Waals surface area (Å²) < 4.78 is 11.2. The van der Waals surface area contributed by atoms with Gasteiger partial charge in [-0.3, -0.25) is 4.79 Å². The Hall–Kier alpha value is -3.12. The predicted molar refractivity (Wildman–Crippen MR) is 165 cm³/mol. The summed E-state index contributed by atoms with van der Waals surface area (Å²) in [4.78, 5) is 20.7. The van der Waals surface area contributed by atoms with Crippen LogP contribution in [0.4, 0.5) is 5.69 Å². The fourth-order valence-corrected chi connectivity index (χ4v) is 6.12. The van der Waals surface area contributed by atoms with Gasteiger partial charge in [0.25, 0.3) is 0 Å². The number of hydrogen-bond acceptors (Lipinski definition) is 5. The second-order valence-corrected chi connectivity index (χ2v) is 12.4. The molecule has 222 valence electrons. The van der Waals surface area contributed by atoms with E-state index in [1.165, 1.54) is 0 Å². The van der Waals surface area contributed by atoms with Gasteiger partial charge in [0.05, 0.1) is 13.2 Å². The maximum atomic E-state index is 14.0. The number of hydrogen-bond donors (Lipinski definition) is 1. The summed E-state index contributed by atoms with van der Waals surface area (Å²) in [5.41, 5.74) is 4.95. The Morgan fingerprint density at radius 3 is 2.39 bits per heavy atom. The number of rotatable bonds is 10. The molecule has 2 saturated carbocycles. The molecule has 0 atom stereocenters. The third kappa shape index (κ3) is 8.00. The minimum absolute atomic E-state index is 0.0482. The highest BCUT2D eigenvalue weighted by Crippen LogP contribution is 2.36. The molecule has 0 saturated heterocycles. The minimum Gasteiger partial charge on any atom is -0.497 e. The number of methoxy groups -OCH3 is 1. The highest BCUT2D eigenvalue weighted by atomic mass is 16.5. The molecule has 0 aliphatic heterocycles. The topological polar surface area (TPSA) is 75.8 Å². The molecule has 2 aliphatic rings. The molecule has 2 fully saturated rings. The molecule has 0 spiro atoms. The third-order valence-electron chi connectivity index (χ3n) is 8.75. The van der Waals surface area contributed by atoms with Crippen LogP contribution in [0.3, 0.4) is 0 Å². The largest absolute Gasteiger partial charge is 0.497 e. The van der Waals surface area contributed by atoms with Crippen LogP contribution in [-0.2, 0) is 9.53 Å². The van der Waals surface area contributed by atoms with E-state index in [4.69, 9.17) is 9.15 Å². The monoisotopic (exact) mass is 560 g/mol. The summed E-state index contributed by atoms with van der Waals surface area (Å²) in [6.07, 6.45) is 12.7. The first kappa shape index (κ1) is 30.8. The number of carbonyl (C=O) groups is 1. The maximum absolute atomic E-state index is 14.0. The molecular formula is C35H48N2O4. The Morgan fingerprint density at radius 1 is 1.10 bits per heavy atom. The van der Waals surface area contributed by atoms with Crippen LogP contribution in [0.1, 0.15) is 90.9 Å². The molecule has 2 aliphatic carbocycles. The van der Waals surface area contributed by atoms with E-state index < -0.39 is 0 Å². The number of amides is 1. The molecule has 6 heteroatoms. The van der Waals surface area contributed by atoms with Gasteiger partial charge in [-0.25, -0.2) is 4.98 Å². The number of aliphatic hydroxyl groups is 1. The number of aliphatic hydroxyl groups excluding tert-OH is 1. The van der Waals surface area contributed by atoms with Crippen molar-refractivity contribution in [3.63, 3.8) is 0 Å². The van der Waals surface area contributed by atoms with Crippen molar-refractivity contribution in [3.05, 3.63) is 72.1 Å². The van der Waals surface area contributed by atoms with Gasteiger partial charge in [-0.05, 0) is 101 Å². The van der Waals surface area contributed by atoms with Gasteiger partial charge >= 0.3 is 0 Å². The molecule has 0 bridgehead atoms. The molecular weight excluding hydrogens is 512 g/mol. The summed E-state index contributed by atoms with van der Waals surface area (Å²) >= 11 is 0. The van der Waals surface area contributed by atoms with Gasteiger partial charge in [-0.2, -0.15) is 0 Å². The zero-order chi connectivity index (χ0) is 29.5. The van der Waals surface area contributed by atoms with E-state index in [1.807, 2.05) is 43.0 Å². The van der Waals surface area contributed by atoms with Gasteiger partial charge in [-0.15, -0.1) is 0 Å². The lowest BCUT2D eigenvalue weighted by molar-refractivity contribution is -0.124. The van der Waals surface area contributed by atoms with Crippen LogP contribution in [0.25, 0.3) is 11.3 Å². The third-order valence-corrected chi connectivity index (χ3v) is 8.75. The zero-order valence-electron chi connectivity index (χ0n) is 25.6. The lowest BCUT2D eigenvalue weighted by atomic mass is 9.78. The molecule has 1 N–H and O–H groups in total. The predicted octanol–water partition coefficient (Wildman–Crippen LogP) is 8.21. The van der Waals surface area contributed by atoms with Gasteiger partial charge in [-0.1, -0.05) is 44.2 Å². The van der Waals surface area contributed by atoms with Crippen molar-refractivity contribution < 1.29 is 19.1 Å². The van der Waals surface area contributed by atoms with Crippen LogP contribution in [0, 0.1) is 17.8 Å². The van der Waals surface area contributed by atoms with Gasteiger partial charge in [0.2, 0.25) is 5.91 Å². The molecule has 1 amide bonds. The van der Waals surface area contributed by atoms with E-state index in [0.717, 1.165) is 72.4 Å². The maximum Gasteiger partial charge on any atom is 0.230 e. The van der Waals surface area contributed by atoms with E-state index >= 15 is 0 Å². The molecule has 4 rings (SSSR count). The van der Waals surface area contributed by atoms with E-state index in [9.17, 15) is 9.90 Å². The van der Waals surface area contributed by atoms with Crippen LogP contribution in [0.5, 0.6) is 0 Å². The fourth-order valence-electron chi connectivity index (χ4n) is 6.12. The number of aromatic nitrogens is 1. The number of benzene rings is 1. The molecule has 1 aromatic carbocycles. The van der Waals surface area contributed by atoms with Crippen molar-refractivity contribution in [1.82, 2.24) is 4.98 Å². The Kier molecular flexibility index (Phi) is 10.7. The lowest BCUT2D eigenvalue weighted by Crippen LogP contribution is -2.42. The number of ether oxygens (including phenoxy) is 1. The first-order chi connectivity index (χ1) is 19.7. The number of oxazole rings is 1. The quantitative estimate of drug-likeness (QED) is 0.234.